The van der Waals surface area contributed by atoms with E-state index >= 15 is 0 Å². The normalized spacial score (nSPS) is 17.4. The monoisotopic (exact) mass is 576 g/mol. The maximum absolute atomic E-state index is 14.1. The van der Waals surface area contributed by atoms with E-state index in [1.165, 1.54) is 4.57 Å². The number of rotatable bonds is 9. The van der Waals surface area contributed by atoms with Gasteiger partial charge in [-0.25, -0.2) is 23.7 Å². The zero-order chi connectivity index (χ0) is 29.1. The van der Waals surface area contributed by atoms with Crippen molar-refractivity contribution in [1.82, 2.24) is 24.4 Å². The van der Waals surface area contributed by atoms with Crippen LogP contribution in [0.15, 0.2) is 54.6 Å². The van der Waals surface area contributed by atoms with Gasteiger partial charge in [0.15, 0.2) is 5.82 Å². The van der Waals surface area contributed by atoms with Crippen LogP contribution < -0.4 is 9.64 Å². The minimum atomic E-state index is -2.76. The van der Waals surface area contributed by atoms with Crippen molar-refractivity contribution in [1.29, 1.82) is 0 Å². The highest BCUT2D eigenvalue weighted by Gasteiger charge is 2.28. The molecule has 0 N–H and O–H groups in total. The summed E-state index contributed by atoms with van der Waals surface area (Å²) in [7, 11) is 1.57. The predicted octanol–water partition coefficient (Wildman–Crippen LogP) is 5.08. The molecule has 1 atom stereocenters. The quantitative estimate of drug-likeness (QED) is 0.275. The molecule has 6 rings (SSSR count). The molecule has 0 saturated carbocycles. The van der Waals surface area contributed by atoms with Crippen LogP contribution in [0.3, 0.4) is 0 Å². The summed E-state index contributed by atoms with van der Waals surface area (Å²) in [5, 5.41) is 0. The Kier molecular flexibility index (Phi) is 8.27. The third kappa shape index (κ3) is 5.78. The smallest absolute Gasteiger partial charge is 0.296 e. The number of methoxy groups -OCH3 is 1. The summed E-state index contributed by atoms with van der Waals surface area (Å²) in [6.07, 6.45) is 0.497. The van der Waals surface area contributed by atoms with Crippen molar-refractivity contribution in [3.8, 4) is 11.6 Å². The van der Waals surface area contributed by atoms with Gasteiger partial charge in [0, 0.05) is 38.7 Å². The van der Waals surface area contributed by atoms with Gasteiger partial charge in [-0.1, -0.05) is 24.3 Å². The fraction of sp³-hybridized carbons (Fsp3) is 0.419. The zero-order valence-corrected chi connectivity index (χ0v) is 23.6. The van der Waals surface area contributed by atoms with Crippen LogP contribution in [0, 0.1) is 5.92 Å². The first kappa shape index (κ1) is 28.0. The summed E-state index contributed by atoms with van der Waals surface area (Å²) in [6, 6.07) is 16.2. The Bertz CT molecular complexity index is 1550. The Hall–Kier alpha value is -4.12. The molecule has 2 aliphatic rings. The highest BCUT2D eigenvalue weighted by atomic mass is 19.3. The number of nitrogens with zero attached hydrogens (tertiary/aromatic N) is 6. The Morgan fingerprint density at radius 2 is 1.79 bits per heavy atom. The van der Waals surface area contributed by atoms with E-state index in [0.717, 1.165) is 19.3 Å². The largest absolute Gasteiger partial charge is 0.496 e. The van der Waals surface area contributed by atoms with Gasteiger partial charge in [0.1, 0.15) is 23.2 Å². The van der Waals surface area contributed by atoms with Crippen LogP contribution in [-0.2, 0) is 11.2 Å². The molecule has 2 aliphatic heterocycles. The van der Waals surface area contributed by atoms with Gasteiger partial charge in [0.25, 0.3) is 12.3 Å². The number of benzene rings is 2. The van der Waals surface area contributed by atoms with Crippen molar-refractivity contribution >= 4 is 22.8 Å². The summed E-state index contributed by atoms with van der Waals surface area (Å²) in [5.74, 6) is 2.30. The highest BCUT2D eigenvalue weighted by molar-refractivity contribution is 5.97. The van der Waals surface area contributed by atoms with E-state index in [9.17, 15) is 13.6 Å². The maximum atomic E-state index is 14.1. The van der Waals surface area contributed by atoms with Gasteiger partial charge in [0.2, 0.25) is 0 Å². The first-order valence-corrected chi connectivity index (χ1v) is 14.4. The molecule has 0 aliphatic carbocycles. The number of carbonyl (C=O) groups excluding carboxylic acids is 1. The Morgan fingerprint density at radius 3 is 2.60 bits per heavy atom. The summed E-state index contributed by atoms with van der Waals surface area (Å²) in [6.45, 7) is 3.89. The van der Waals surface area contributed by atoms with Gasteiger partial charge < -0.3 is 19.3 Å². The number of amides is 1. The number of para-hydroxylation sites is 3. The number of carbonyl (C=O) groups is 1. The van der Waals surface area contributed by atoms with E-state index in [4.69, 9.17) is 19.4 Å². The number of alkyl halides is 2. The minimum absolute atomic E-state index is 0.0106. The molecule has 0 bridgehead atoms. The van der Waals surface area contributed by atoms with Gasteiger partial charge in [0.05, 0.1) is 36.9 Å². The molecular formula is C31H34F2N6O3. The Labute approximate surface area is 243 Å². The van der Waals surface area contributed by atoms with E-state index in [2.05, 4.69) is 9.88 Å². The number of likely N-dealkylation sites (tertiary alicyclic amines) is 1. The molecule has 11 heteroatoms. The van der Waals surface area contributed by atoms with Gasteiger partial charge in [-0.2, -0.15) is 0 Å². The van der Waals surface area contributed by atoms with Gasteiger partial charge in [-0.05, 0) is 49.4 Å². The zero-order valence-electron chi connectivity index (χ0n) is 23.6. The molecule has 42 heavy (non-hydrogen) atoms. The predicted molar refractivity (Wildman–Crippen MR) is 155 cm³/mol. The summed E-state index contributed by atoms with van der Waals surface area (Å²) >= 11 is 0. The van der Waals surface area contributed by atoms with E-state index in [1.807, 2.05) is 23.1 Å². The van der Waals surface area contributed by atoms with Crippen LogP contribution in [-0.4, -0.2) is 76.8 Å². The van der Waals surface area contributed by atoms with Crippen molar-refractivity contribution in [2.24, 2.45) is 5.92 Å². The second kappa shape index (κ2) is 12.4. The summed E-state index contributed by atoms with van der Waals surface area (Å²) in [5.41, 5.74) is 1.65. The molecule has 2 saturated heterocycles. The summed E-state index contributed by atoms with van der Waals surface area (Å²) in [4.78, 5) is 31.0. The number of hydrogen-bond donors (Lipinski definition) is 0. The number of halogens is 2. The maximum Gasteiger partial charge on any atom is 0.296 e. The molecule has 4 heterocycles. The third-order valence-electron chi connectivity index (χ3n) is 8.01. The van der Waals surface area contributed by atoms with E-state index < -0.39 is 6.43 Å². The molecule has 4 aromatic rings. The second-order valence-corrected chi connectivity index (χ2v) is 10.7. The van der Waals surface area contributed by atoms with Crippen molar-refractivity contribution < 1.29 is 23.0 Å². The standard InChI is InChI=1S/C31H34F2N6O3/c1-41-25-11-5-2-8-22(25)31(40)38-14-13-21(20-38)7-6-12-26-35-27(37-15-17-42-18-16-37)19-28(36-26)39-24-10-4-3-9-23(24)34-30(39)29(32)33/h2-5,8-11,19,21,29H,6-7,12-18,20H2,1H3/t21-/m0/s1. The second-order valence-electron chi connectivity index (χ2n) is 10.7. The molecule has 2 aromatic heterocycles. The molecule has 220 valence electrons. The molecule has 2 aromatic carbocycles. The highest BCUT2D eigenvalue weighted by Crippen LogP contribution is 2.30. The third-order valence-corrected chi connectivity index (χ3v) is 8.01. The molecule has 0 radical (unpaired) electrons. The fourth-order valence-electron chi connectivity index (χ4n) is 5.88. The van der Waals surface area contributed by atoms with Crippen LogP contribution in [0.25, 0.3) is 16.9 Å². The van der Waals surface area contributed by atoms with Gasteiger partial charge in [-0.15, -0.1) is 0 Å². The van der Waals surface area contributed by atoms with Gasteiger partial charge >= 0.3 is 0 Å². The van der Waals surface area contributed by atoms with E-state index in [0.29, 0.717) is 91.5 Å². The van der Waals surface area contributed by atoms with Crippen LogP contribution in [0.4, 0.5) is 14.6 Å². The number of fused-ring (bicyclic) bond motifs is 1. The Balaban J connectivity index is 1.20. The van der Waals surface area contributed by atoms with E-state index in [1.54, 1.807) is 43.5 Å². The number of ether oxygens (including phenoxy) is 2. The minimum Gasteiger partial charge on any atom is -0.496 e. The van der Waals surface area contributed by atoms with Crippen LogP contribution in [0.2, 0.25) is 0 Å². The first-order chi connectivity index (χ1) is 20.5. The molecule has 1 amide bonds. The van der Waals surface area contributed by atoms with Crippen LogP contribution in [0.1, 0.15) is 47.7 Å². The lowest BCUT2D eigenvalue weighted by Crippen LogP contribution is -2.37. The molecular weight excluding hydrogens is 542 g/mol. The average Bonchev–Trinajstić information content (AvgIpc) is 3.66. The number of aromatic nitrogens is 4. The molecule has 2 fully saturated rings. The lowest BCUT2D eigenvalue weighted by molar-refractivity contribution is 0.0783. The number of imidazole rings is 1. The number of morpholine rings is 1. The van der Waals surface area contributed by atoms with Crippen LogP contribution >= 0.6 is 0 Å². The van der Waals surface area contributed by atoms with Crippen molar-refractivity contribution in [2.75, 3.05) is 51.4 Å². The SMILES string of the molecule is COc1ccccc1C(=O)N1CC[C@H](CCCc2nc(N3CCOCC3)cc(-n3c(C(F)F)nc4ccccc43)n2)C1. The first-order valence-electron chi connectivity index (χ1n) is 14.4. The lowest BCUT2D eigenvalue weighted by Gasteiger charge is -2.28. The summed E-state index contributed by atoms with van der Waals surface area (Å²) < 4.78 is 40.6. The number of hydrogen-bond acceptors (Lipinski definition) is 7. The van der Waals surface area contributed by atoms with Crippen molar-refractivity contribution in [2.45, 2.75) is 32.1 Å². The topological polar surface area (TPSA) is 85.6 Å². The number of anilines is 1. The lowest BCUT2D eigenvalue weighted by atomic mass is 10.0. The fourth-order valence-corrected chi connectivity index (χ4v) is 5.88. The van der Waals surface area contributed by atoms with Gasteiger partial charge in [-0.3, -0.25) is 9.36 Å². The Morgan fingerprint density at radius 1 is 1.02 bits per heavy atom. The van der Waals surface area contributed by atoms with Crippen molar-refractivity contribution in [3.63, 3.8) is 0 Å². The average molecular weight is 577 g/mol. The van der Waals surface area contributed by atoms with E-state index in [-0.39, 0.29) is 11.7 Å². The molecule has 0 spiro atoms. The molecule has 0 unspecified atom stereocenters. The van der Waals surface area contributed by atoms with Crippen LogP contribution in [0.5, 0.6) is 5.75 Å². The number of aryl methyl sites for hydroxylation is 1. The molecule has 9 nitrogen and oxygen atoms in total. The van der Waals surface area contributed by atoms with Crippen molar-refractivity contribution in [3.05, 3.63) is 71.8 Å².